The molecule has 0 radical (unpaired) electrons. The topological polar surface area (TPSA) is 60.2 Å². The lowest BCUT2D eigenvalue weighted by molar-refractivity contribution is -0.126. The summed E-state index contributed by atoms with van der Waals surface area (Å²) in [5, 5.41) is 0. The highest BCUT2D eigenvalue weighted by Crippen LogP contribution is 2.38. The normalized spacial score (nSPS) is 23.6. The lowest BCUT2D eigenvalue weighted by Gasteiger charge is -2.36. The van der Waals surface area contributed by atoms with Crippen LogP contribution in [0, 0.1) is 23.7 Å². The van der Waals surface area contributed by atoms with Crippen LogP contribution in [0.15, 0.2) is 24.3 Å². The first kappa shape index (κ1) is 19.7. The second-order valence-electron chi connectivity index (χ2n) is 8.21. The Kier molecular flexibility index (Phi) is 7.22. The van der Waals surface area contributed by atoms with Gasteiger partial charge in [-0.2, -0.15) is 0 Å². The van der Waals surface area contributed by atoms with Crippen molar-refractivity contribution in [2.45, 2.75) is 65.7 Å². The fourth-order valence-corrected chi connectivity index (χ4v) is 4.20. The number of aryl methyl sites for hydroxylation is 1. The maximum atomic E-state index is 12.9. The summed E-state index contributed by atoms with van der Waals surface area (Å²) in [5.41, 5.74) is 7.47. The van der Waals surface area contributed by atoms with Gasteiger partial charge in [0.1, 0.15) is 5.78 Å². The zero-order chi connectivity index (χ0) is 18.4. The molecule has 2 N–H and O–H groups in total. The largest absolute Gasteiger partial charge is 0.370 e. The van der Waals surface area contributed by atoms with Crippen LogP contribution < -0.4 is 5.73 Å². The number of primary amides is 1. The van der Waals surface area contributed by atoms with Crippen molar-refractivity contribution in [3.63, 3.8) is 0 Å². The average molecular weight is 344 g/mol. The molecule has 0 aromatic heterocycles. The third-order valence-electron chi connectivity index (χ3n) is 5.73. The van der Waals surface area contributed by atoms with Gasteiger partial charge in [-0.15, -0.1) is 0 Å². The van der Waals surface area contributed by atoms with E-state index < -0.39 is 0 Å². The number of hydrogen-bond donors (Lipinski definition) is 1. The van der Waals surface area contributed by atoms with Crippen LogP contribution >= 0.6 is 0 Å². The molecule has 138 valence electrons. The van der Waals surface area contributed by atoms with Gasteiger partial charge in [0.2, 0.25) is 5.91 Å². The van der Waals surface area contributed by atoms with Crippen LogP contribution in [0.4, 0.5) is 0 Å². The molecular weight excluding hydrogens is 310 g/mol. The Hall–Kier alpha value is -1.64. The molecule has 3 nitrogen and oxygen atoms in total. The third-order valence-corrected chi connectivity index (χ3v) is 5.73. The first-order valence-corrected chi connectivity index (χ1v) is 9.75. The Morgan fingerprint density at radius 2 is 1.76 bits per heavy atom. The summed E-state index contributed by atoms with van der Waals surface area (Å²) in [6, 6.07) is 8.28. The lowest BCUT2D eigenvalue weighted by Crippen LogP contribution is -2.34. The number of rotatable bonds is 8. The molecule has 1 aliphatic rings. The predicted octanol–water partition coefficient (Wildman–Crippen LogP) is 4.31. The molecule has 3 heteroatoms. The van der Waals surface area contributed by atoms with Crippen LogP contribution in [-0.2, 0) is 22.4 Å². The van der Waals surface area contributed by atoms with Crippen molar-refractivity contribution in [2.75, 3.05) is 0 Å². The van der Waals surface area contributed by atoms with E-state index in [1.165, 1.54) is 18.4 Å². The van der Waals surface area contributed by atoms with E-state index in [1.807, 2.05) is 0 Å². The lowest BCUT2D eigenvalue weighted by atomic mass is 9.68. The van der Waals surface area contributed by atoms with Gasteiger partial charge in [0.15, 0.2) is 0 Å². The smallest absolute Gasteiger partial charge is 0.217 e. The highest BCUT2D eigenvalue weighted by Gasteiger charge is 2.34. The molecule has 0 aliphatic heterocycles. The van der Waals surface area contributed by atoms with Crippen molar-refractivity contribution in [1.82, 2.24) is 0 Å². The first-order valence-electron chi connectivity index (χ1n) is 9.75. The van der Waals surface area contributed by atoms with Crippen LogP contribution in [0.3, 0.4) is 0 Å². The molecule has 0 saturated heterocycles. The zero-order valence-corrected chi connectivity index (χ0v) is 16.0. The van der Waals surface area contributed by atoms with Crippen LogP contribution in [0.25, 0.3) is 0 Å². The van der Waals surface area contributed by atoms with Gasteiger partial charge >= 0.3 is 0 Å². The minimum absolute atomic E-state index is 0.221. The third kappa shape index (κ3) is 5.98. The Labute approximate surface area is 152 Å². The molecule has 1 aromatic rings. The zero-order valence-electron chi connectivity index (χ0n) is 16.0. The van der Waals surface area contributed by atoms with Crippen LogP contribution in [0.2, 0.25) is 0 Å². The van der Waals surface area contributed by atoms with Gasteiger partial charge in [-0.1, -0.05) is 51.5 Å². The van der Waals surface area contributed by atoms with E-state index in [-0.39, 0.29) is 11.8 Å². The molecule has 1 aliphatic carbocycles. The van der Waals surface area contributed by atoms with Gasteiger partial charge in [-0.05, 0) is 54.6 Å². The number of Topliss-reactive ketones (excluding diaryl/α,β-unsaturated/α-hetero) is 1. The number of benzene rings is 1. The van der Waals surface area contributed by atoms with Crippen LogP contribution in [0.1, 0.15) is 64.0 Å². The average Bonchev–Trinajstić information content (AvgIpc) is 2.55. The minimum atomic E-state index is -0.247. The molecule has 3 atom stereocenters. The molecular formula is C22H33NO2. The summed E-state index contributed by atoms with van der Waals surface area (Å²) in [6.07, 6.45) is 6.10. The maximum absolute atomic E-state index is 12.9. The molecule has 25 heavy (non-hydrogen) atoms. The number of amides is 1. The number of carbonyl (C=O) groups excluding carboxylic acids is 2. The standard InChI is InChI=1S/C22H33NO2/c1-15(2)19-12-7-16(3)13-20(19)21(24)14-18-10-8-17(9-11-18)5-4-6-22(23)25/h8-11,15-16,19-20H,4-7,12-14H2,1-3H3,(H2,23,25)/t16-,19+,20?/m1/s1. The van der Waals surface area contributed by atoms with Crippen molar-refractivity contribution in [1.29, 1.82) is 0 Å². The summed E-state index contributed by atoms with van der Waals surface area (Å²) in [6.45, 7) is 6.78. The molecule has 1 saturated carbocycles. The Bertz CT molecular complexity index is 576. The molecule has 2 rings (SSSR count). The maximum Gasteiger partial charge on any atom is 0.217 e. The Morgan fingerprint density at radius 3 is 2.36 bits per heavy atom. The number of hydrogen-bond acceptors (Lipinski definition) is 2. The van der Waals surface area contributed by atoms with Crippen molar-refractivity contribution >= 4 is 11.7 Å². The molecule has 0 heterocycles. The monoisotopic (exact) mass is 343 g/mol. The predicted molar refractivity (Wildman–Crippen MR) is 102 cm³/mol. The van der Waals surface area contributed by atoms with Gasteiger partial charge in [-0.25, -0.2) is 0 Å². The van der Waals surface area contributed by atoms with E-state index in [9.17, 15) is 9.59 Å². The van der Waals surface area contributed by atoms with Crippen LogP contribution in [0.5, 0.6) is 0 Å². The quantitative estimate of drug-likeness (QED) is 0.764. The summed E-state index contributed by atoms with van der Waals surface area (Å²) >= 11 is 0. The van der Waals surface area contributed by atoms with Crippen LogP contribution in [-0.4, -0.2) is 11.7 Å². The first-order chi connectivity index (χ1) is 11.9. The molecule has 0 spiro atoms. The van der Waals surface area contributed by atoms with Gasteiger partial charge in [0, 0.05) is 18.8 Å². The molecule has 1 unspecified atom stereocenters. The van der Waals surface area contributed by atoms with Gasteiger partial charge in [-0.3, -0.25) is 9.59 Å². The summed E-state index contributed by atoms with van der Waals surface area (Å²) in [4.78, 5) is 23.7. The highest BCUT2D eigenvalue weighted by atomic mass is 16.1. The number of nitrogens with two attached hydrogens (primary N) is 1. The number of ketones is 1. The summed E-state index contributed by atoms with van der Waals surface area (Å²) in [7, 11) is 0. The molecule has 1 fully saturated rings. The van der Waals surface area contributed by atoms with E-state index in [4.69, 9.17) is 5.73 Å². The number of carbonyl (C=O) groups is 2. The van der Waals surface area contributed by atoms with Gasteiger partial charge < -0.3 is 5.73 Å². The highest BCUT2D eigenvalue weighted by molar-refractivity contribution is 5.83. The van der Waals surface area contributed by atoms with Crippen molar-refractivity contribution in [3.8, 4) is 0 Å². The van der Waals surface area contributed by atoms with Crippen molar-refractivity contribution in [2.24, 2.45) is 29.4 Å². The second kappa shape index (κ2) is 9.17. The van der Waals surface area contributed by atoms with E-state index in [2.05, 4.69) is 45.0 Å². The fourth-order valence-electron chi connectivity index (χ4n) is 4.20. The fraction of sp³-hybridized carbons (Fsp3) is 0.636. The molecule has 1 amide bonds. The molecule has 1 aromatic carbocycles. The summed E-state index contributed by atoms with van der Waals surface area (Å²) in [5.74, 6) is 2.16. The Morgan fingerprint density at radius 1 is 1.12 bits per heavy atom. The second-order valence-corrected chi connectivity index (χ2v) is 8.21. The van der Waals surface area contributed by atoms with Crippen molar-refractivity contribution < 1.29 is 9.59 Å². The molecule has 0 bridgehead atoms. The van der Waals surface area contributed by atoms with Gasteiger partial charge in [0.05, 0.1) is 0 Å². The summed E-state index contributed by atoms with van der Waals surface area (Å²) < 4.78 is 0. The SMILES string of the molecule is CC(C)[C@@H]1CC[C@@H](C)CC1C(=O)Cc1ccc(CCCC(N)=O)cc1. The minimum Gasteiger partial charge on any atom is -0.370 e. The van der Waals surface area contributed by atoms with Gasteiger partial charge in [0.25, 0.3) is 0 Å². The van der Waals surface area contributed by atoms with E-state index in [0.29, 0.717) is 36.4 Å². The van der Waals surface area contributed by atoms with E-state index in [1.54, 1.807) is 0 Å². The Balaban J connectivity index is 1.93. The van der Waals surface area contributed by atoms with E-state index >= 15 is 0 Å². The van der Waals surface area contributed by atoms with E-state index in [0.717, 1.165) is 24.8 Å². The van der Waals surface area contributed by atoms with Crippen molar-refractivity contribution in [3.05, 3.63) is 35.4 Å².